The molecule has 46 heavy (non-hydrogen) atoms. The van der Waals surface area contributed by atoms with Crippen LogP contribution in [-0.4, -0.2) is 42.7 Å². The van der Waals surface area contributed by atoms with Crippen LogP contribution in [0.2, 0.25) is 0 Å². The van der Waals surface area contributed by atoms with Crippen molar-refractivity contribution in [3.63, 3.8) is 0 Å². The highest BCUT2D eigenvalue weighted by molar-refractivity contribution is 7.27. The fraction of sp³-hybridized carbons (Fsp3) is 0.353. The summed E-state index contributed by atoms with van der Waals surface area (Å²) >= 11 is 0. The smallest absolute Gasteiger partial charge is 0.204 e. The van der Waals surface area contributed by atoms with E-state index in [-0.39, 0.29) is 50.9 Å². The van der Waals surface area contributed by atoms with Crippen molar-refractivity contribution in [1.29, 1.82) is 0 Å². The van der Waals surface area contributed by atoms with Crippen LogP contribution >= 0.6 is 9.24 Å². The zero-order valence-corrected chi connectivity index (χ0v) is 28.6. The molecule has 2 atom stereocenters. The van der Waals surface area contributed by atoms with Gasteiger partial charge in [0.25, 0.3) is 0 Å². The van der Waals surface area contributed by atoms with Gasteiger partial charge < -0.3 is 28.4 Å². The van der Waals surface area contributed by atoms with Gasteiger partial charge in [0.15, 0.2) is 34.7 Å². The molecule has 1 aliphatic carbocycles. The molecule has 3 aromatic rings. The van der Waals surface area contributed by atoms with Crippen molar-refractivity contribution in [1.82, 2.24) is 0 Å². The van der Waals surface area contributed by atoms with E-state index in [9.17, 15) is 22.0 Å². The van der Waals surface area contributed by atoms with Crippen molar-refractivity contribution in [2.45, 2.75) is 40.0 Å². The van der Waals surface area contributed by atoms with Crippen molar-refractivity contribution >= 4 is 14.5 Å². The van der Waals surface area contributed by atoms with Crippen LogP contribution in [0.3, 0.4) is 0 Å². The van der Waals surface area contributed by atoms with E-state index in [1.807, 2.05) is 23.1 Å². The van der Waals surface area contributed by atoms with Crippen LogP contribution in [0.4, 0.5) is 22.0 Å². The maximum Gasteiger partial charge on any atom is 0.204 e. The molecule has 0 aliphatic heterocycles. The number of ether oxygens (including phenoxy) is 6. The van der Waals surface area contributed by atoms with Gasteiger partial charge in [-0.15, -0.1) is 0 Å². The van der Waals surface area contributed by atoms with Crippen LogP contribution in [-0.2, 0) is 0 Å². The first-order valence-corrected chi connectivity index (χ1v) is 14.8. The lowest BCUT2D eigenvalue weighted by Crippen LogP contribution is -2.11. The van der Waals surface area contributed by atoms with Gasteiger partial charge in [0.1, 0.15) is 17.5 Å². The average molecular weight is 669 g/mol. The standard InChI is InChI=1S/C32H32F5O6P.C2H6/c1-13-21(15-9-17(33)25(37)18(34)10-15)26(38-3)30(42-7)28(40-5)23(13)24-14(2)22(16-11-19(35)32(44)20(36)12-16)27(39-4)31(43-8)29(24)41-6;1-2/h9,11-12,15H,10,44H2,1-8H3;1-2H3. The molecular formula is C34H38F5O6P. The van der Waals surface area contributed by atoms with Gasteiger partial charge in [0.2, 0.25) is 11.5 Å². The van der Waals surface area contributed by atoms with E-state index in [0.29, 0.717) is 27.8 Å². The lowest BCUT2D eigenvalue weighted by atomic mass is 9.81. The minimum absolute atomic E-state index is 0.0806. The van der Waals surface area contributed by atoms with Crippen molar-refractivity contribution in [3.05, 3.63) is 64.0 Å². The molecule has 0 spiro atoms. The molecule has 0 fully saturated rings. The summed E-state index contributed by atoms with van der Waals surface area (Å²) in [7, 11) is 10.3. The summed E-state index contributed by atoms with van der Waals surface area (Å²) in [6, 6.07) is 2.32. The number of methoxy groups -OCH3 is 6. The van der Waals surface area contributed by atoms with Gasteiger partial charge in [-0.3, -0.25) is 0 Å². The van der Waals surface area contributed by atoms with Crippen LogP contribution < -0.4 is 33.7 Å². The van der Waals surface area contributed by atoms with E-state index in [4.69, 9.17) is 28.4 Å². The van der Waals surface area contributed by atoms with Gasteiger partial charge in [-0.1, -0.05) is 23.1 Å². The second-order valence-corrected chi connectivity index (χ2v) is 10.5. The topological polar surface area (TPSA) is 55.4 Å². The highest BCUT2D eigenvalue weighted by Crippen LogP contribution is 2.59. The Kier molecular flexibility index (Phi) is 12.0. The predicted octanol–water partition coefficient (Wildman–Crippen LogP) is 8.99. The summed E-state index contributed by atoms with van der Waals surface area (Å²) in [5, 5.41) is -0.237. The second kappa shape index (κ2) is 15.1. The Morgan fingerprint density at radius 2 is 1.02 bits per heavy atom. The third kappa shape index (κ3) is 6.09. The minimum atomic E-state index is -1.56. The fourth-order valence-corrected chi connectivity index (χ4v) is 5.97. The van der Waals surface area contributed by atoms with Crippen molar-refractivity contribution < 1.29 is 50.4 Å². The summed E-state index contributed by atoms with van der Waals surface area (Å²) in [4.78, 5) is 0. The van der Waals surface area contributed by atoms with E-state index in [1.165, 1.54) is 42.7 Å². The third-order valence-corrected chi connectivity index (χ3v) is 8.24. The highest BCUT2D eigenvalue weighted by Gasteiger charge is 2.36. The van der Waals surface area contributed by atoms with E-state index in [0.717, 1.165) is 18.2 Å². The highest BCUT2D eigenvalue weighted by atomic mass is 31.0. The Balaban J connectivity index is 0.00000282. The van der Waals surface area contributed by atoms with Gasteiger partial charge >= 0.3 is 0 Å². The number of hydrogen-bond donors (Lipinski definition) is 0. The second-order valence-electron chi connectivity index (χ2n) is 9.89. The number of benzene rings is 3. The summed E-state index contributed by atoms with van der Waals surface area (Å²) in [5.41, 5.74) is 2.23. The molecule has 6 nitrogen and oxygen atoms in total. The van der Waals surface area contributed by atoms with Gasteiger partial charge in [-0.05, 0) is 48.7 Å². The van der Waals surface area contributed by atoms with Crippen LogP contribution in [0.25, 0.3) is 22.3 Å². The molecular weight excluding hydrogens is 630 g/mol. The number of allylic oxidation sites excluding steroid dienone is 4. The van der Waals surface area contributed by atoms with Gasteiger partial charge in [0, 0.05) is 39.9 Å². The summed E-state index contributed by atoms with van der Waals surface area (Å²) < 4.78 is 107. The molecule has 2 unspecified atom stereocenters. The lowest BCUT2D eigenvalue weighted by molar-refractivity contribution is 0.319. The van der Waals surface area contributed by atoms with Gasteiger partial charge in [0.05, 0.1) is 42.7 Å². The first kappa shape index (κ1) is 36.5. The summed E-state index contributed by atoms with van der Waals surface area (Å²) in [5.74, 6) is -6.03. The number of hydrogen-bond acceptors (Lipinski definition) is 6. The number of rotatable bonds is 9. The van der Waals surface area contributed by atoms with Crippen LogP contribution in [0, 0.1) is 25.5 Å². The maximum atomic E-state index is 14.9. The maximum absolute atomic E-state index is 14.9. The van der Waals surface area contributed by atoms with E-state index in [2.05, 4.69) is 0 Å². The molecule has 3 aromatic carbocycles. The largest absolute Gasteiger partial charge is 0.492 e. The van der Waals surface area contributed by atoms with Crippen molar-refractivity contribution in [2.75, 3.05) is 42.7 Å². The Labute approximate surface area is 268 Å². The van der Waals surface area contributed by atoms with Crippen molar-refractivity contribution in [2.24, 2.45) is 0 Å². The molecule has 4 rings (SSSR count). The Hall–Kier alpha value is -3.98. The van der Waals surface area contributed by atoms with Crippen molar-refractivity contribution in [3.8, 4) is 56.8 Å². The molecule has 250 valence electrons. The predicted molar refractivity (Wildman–Crippen MR) is 172 cm³/mol. The lowest BCUT2D eigenvalue weighted by Gasteiger charge is -2.29. The Morgan fingerprint density at radius 3 is 1.46 bits per heavy atom. The molecule has 0 bridgehead atoms. The number of halogens is 5. The van der Waals surface area contributed by atoms with E-state index in [1.54, 1.807) is 13.8 Å². The Bertz CT molecular complexity index is 1680. The first-order chi connectivity index (χ1) is 21.9. The monoisotopic (exact) mass is 668 g/mol. The van der Waals surface area contributed by atoms with E-state index < -0.39 is 41.5 Å². The molecule has 12 heteroatoms. The molecule has 0 saturated carbocycles. The zero-order chi connectivity index (χ0) is 34.6. The van der Waals surface area contributed by atoms with Gasteiger partial charge in [-0.2, -0.15) is 0 Å². The normalized spacial score (nSPS) is 14.3. The first-order valence-electron chi connectivity index (χ1n) is 14.2. The zero-order valence-electron chi connectivity index (χ0n) is 27.4. The van der Waals surface area contributed by atoms with Crippen LogP contribution in [0.15, 0.2) is 35.7 Å². The van der Waals surface area contributed by atoms with Gasteiger partial charge in [-0.25, -0.2) is 22.0 Å². The Morgan fingerprint density at radius 1 is 0.609 bits per heavy atom. The molecule has 1 aliphatic rings. The molecule has 0 saturated heterocycles. The van der Waals surface area contributed by atoms with Crippen LogP contribution in [0.1, 0.15) is 42.9 Å². The quantitative estimate of drug-likeness (QED) is 0.168. The fourth-order valence-electron chi connectivity index (χ4n) is 5.80. The van der Waals surface area contributed by atoms with Crippen LogP contribution in [0.5, 0.6) is 34.5 Å². The molecule has 0 radical (unpaired) electrons. The molecule has 0 heterocycles. The van der Waals surface area contributed by atoms with E-state index >= 15 is 0 Å². The molecule has 0 amide bonds. The minimum Gasteiger partial charge on any atom is -0.492 e. The molecule has 0 N–H and O–H groups in total. The summed E-state index contributed by atoms with van der Waals surface area (Å²) in [6.45, 7) is 7.36. The SMILES string of the molecule is CC.COc1c(OC)c(-c2cc(F)c(P)c(F)c2)c(C)c(-c2c(C)c(C3C=C(F)C(F)=C(F)C3)c(OC)c(OC)c2OC)c1OC. The summed E-state index contributed by atoms with van der Waals surface area (Å²) in [6.07, 6.45) is 0.484. The molecule has 0 aromatic heterocycles. The average Bonchev–Trinajstić information content (AvgIpc) is 3.05. The third-order valence-electron chi connectivity index (χ3n) is 7.69.